The molecule has 6 nitrogen and oxygen atoms in total. The standard InChI is InChI=1S/C18H16N4O2S/c1-12-5-3-8-15(9-12)24-11-16-21-22-17(19-20-18(22)25-16)13-6-4-7-14(10-13)23-2/h3-10H,11H2,1-2H3. The zero-order valence-corrected chi connectivity index (χ0v) is 14.7. The number of benzene rings is 2. The van der Waals surface area contributed by atoms with E-state index in [9.17, 15) is 0 Å². The Bertz CT molecular complexity index is 1020. The van der Waals surface area contributed by atoms with Crippen LogP contribution >= 0.6 is 11.3 Å². The van der Waals surface area contributed by atoms with Crippen LogP contribution in [-0.2, 0) is 6.61 Å². The van der Waals surface area contributed by atoms with Crippen molar-refractivity contribution in [2.24, 2.45) is 0 Å². The molecule has 25 heavy (non-hydrogen) atoms. The molecular weight excluding hydrogens is 336 g/mol. The van der Waals surface area contributed by atoms with Gasteiger partial charge in [0, 0.05) is 5.56 Å². The van der Waals surface area contributed by atoms with Crippen molar-refractivity contribution >= 4 is 16.3 Å². The van der Waals surface area contributed by atoms with Crippen molar-refractivity contribution in [1.29, 1.82) is 0 Å². The number of nitrogens with zero attached hydrogens (tertiary/aromatic N) is 4. The molecule has 0 spiro atoms. The summed E-state index contributed by atoms with van der Waals surface area (Å²) in [5.41, 5.74) is 2.07. The van der Waals surface area contributed by atoms with Crippen LogP contribution < -0.4 is 9.47 Å². The zero-order valence-electron chi connectivity index (χ0n) is 13.8. The molecule has 0 aliphatic heterocycles. The summed E-state index contributed by atoms with van der Waals surface area (Å²) in [6.07, 6.45) is 0. The van der Waals surface area contributed by atoms with Crippen LogP contribution in [0.25, 0.3) is 16.3 Å². The molecule has 0 saturated carbocycles. The highest BCUT2D eigenvalue weighted by Gasteiger charge is 2.14. The number of fused-ring (bicyclic) bond motifs is 1. The van der Waals surface area contributed by atoms with E-state index in [0.29, 0.717) is 12.4 Å². The van der Waals surface area contributed by atoms with Gasteiger partial charge in [-0.15, -0.1) is 10.2 Å². The van der Waals surface area contributed by atoms with Gasteiger partial charge in [-0.3, -0.25) is 0 Å². The van der Waals surface area contributed by atoms with Gasteiger partial charge in [-0.25, -0.2) is 0 Å². The van der Waals surface area contributed by atoms with Crippen LogP contribution in [0.2, 0.25) is 0 Å². The number of aryl methyl sites for hydroxylation is 1. The molecule has 0 unspecified atom stereocenters. The van der Waals surface area contributed by atoms with Crippen molar-refractivity contribution in [2.75, 3.05) is 7.11 Å². The molecule has 0 atom stereocenters. The largest absolute Gasteiger partial charge is 0.497 e. The molecule has 126 valence electrons. The second kappa shape index (κ2) is 6.52. The first-order valence-corrected chi connectivity index (χ1v) is 8.59. The fraction of sp³-hybridized carbons (Fsp3) is 0.167. The average molecular weight is 352 g/mol. The Morgan fingerprint density at radius 1 is 1.04 bits per heavy atom. The van der Waals surface area contributed by atoms with E-state index in [1.54, 1.807) is 11.6 Å². The molecule has 0 fully saturated rings. The minimum Gasteiger partial charge on any atom is -0.497 e. The summed E-state index contributed by atoms with van der Waals surface area (Å²) in [6.45, 7) is 2.44. The summed E-state index contributed by atoms with van der Waals surface area (Å²) >= 11 is 1.47. The van der Waals surface area contributed by atoms with Gasteiger partial charge in [-0.2, -0.15) is 9.61 Å². The predicted molar refractivity (Wildman–Crippen MR) is 96.2 cm³/mol. The SMILES string of the molecule is COc1cccc(-c2nnc3sc(COc4cccc(C)c4)nn23)c1. The minimum atomic E-state index is 0.398. The molecule has 7 heteroatoms. The van der Waals surface area contributed by atoms with Crippen LogP contribution in [0.5, 0.6) is 11.5 Å². The Balaban J connectivity index is 1.59. The lowest BCUT2D eigenvalue weighted by atomic mass is 10.2. The smallest absolute Gasteiger partial charge is 0.235 e. The highest BCUT2D eigenvalue weighted by molar-refractivity contribution is 7.16. The molecule has 0 amide bonds. The molecule has 4 aromatic rings. The lowest BCUT2D eigenvalue weighted by Gasteiger charge is -2.04. The van der Waals surface area contributed by atoms with Crippen molar-refractivity contribution in [1.82, 2.24) is 19.8 Å². The highest BCUT2D eigenvalue weighted by atomic mass is 32.1. The van der Waals surface area contributed by atoms with Crippen LogP contribution in [0.3, 0.4) is 0 Å². The van der Waals surface area contributed by atoms with Crippen LogP contribution in [0.15, 0.2) is 48.5 Å². The van der Waals surface area contributed by atoms with Gasteiger partial charge in [0.2, 0.25) is 4.96 Å². The van der Waals surface area contributed by atoms with E-state index < -0.39 is 0 Å². The lowest BCUT2D eigenvalue weighted by Crippen LogP contribution is -1.97. The fourth-order valence-corrected chi connectivity index (χ4v) is 3.25. The number of methoxy groups -OCH3 is 1. The molecule has 0 N–H and O–H groups in total. The van der Waals surface area contributed by atoms with Gasteiger partial charge >= 0.3 is 0 Å². The van der Waals surface area contributed by atoms with E-state index in [1.165, 1.54) is 11.3 Å². The molecule has 0 aliphatic rings. The van der Waals surface area contributed by atoms with Crippen LogP contribution in [0, 0.1) is 6.92 Å². The molecule has 0 bridgehead atoms. The van der Waals surface area contributed by atoms with E-state index in [-0.39, 0.29) is 0 Å². The second-order valence-electron chi connectivity index (χ2n) is 5.55. The molecule has 0 radical (unpaired) electrons. The number of rotatable bonds is 5. The van der Waals surface area contributed by atoms with Crippen molar-refractivity contribution in [2.45, 2.75) is 13.5 Å². The first kappa shape index (κ1) is 15.6. The van der Waals surface area contributed by atoms with Gasteiger partial charge in [-0.05, 0) is 36.8 Å². The Hall–Kier alpha value is -2.93. The first-order chi connectivity index (χ1) is 12.2. The summed E-state index contributed by atoms with van der Waals surface area (Å²) in [4.78, 5) is 0.737. The average Bonchev–Trinajstić information content (AvgIpc) is 3.20. The van der Waals surface area contributed by atoms with E-state index in [4.69, 9.17) is 9.47 Å². The number of aromatic nitrogens is 4. The Labute approximate surface area is 148 Å². The number of hydrogen-bond acceptors (Lipinski definition) is 6. The molecule has 0 aliphatic carbocycles. The van der Waals surface area contributed by atoms with Gasteiger partial charge < -0.3 is 9.47 Å². The Morgan fingerprint density at radius 3 is 2.72 bits per heavy atom. The molecule has 0 saturated heterocycles. The first-order valence-electron chi connectivity index (χ1n) is 7.78. The van der Waals surface area contributed by atoms with Crippen LogP contribution in [0.4, 0.5) is 0 Å². The number of ether oxygens (including phenoxy) is 2. The van der Waals surface area contributed by atoms with Crippen molar-refractivity contribution < 1.29 is 9.47 Å². The Morgan fingerprint density at radius 2 is 1.88 bits per heavy atom. The number of hydrogen-bond donors (Lipinski definition) is 0. The molecule has 2 aromatic heterocycles. The Kier molecular flexibility index (Phi) is 4.07. The molecular formula is C18H16N4O2S. The van der Waals surface area contributed by atoms with Crippen molar-refractivity contribution in [3.8, 4) is 22.9 Å². The quantitative estimate of drug-likeness (QED) is 0.547. The van der Waals surface area contributed by atoms with Gasteiger partial charge in [0.05, 0.1) is 7.11 Å². The lowest BCUT2D eigenvalue weighted by molar-refractivity contribution is 0.304. The topological polar surface area (TPSA) is 61.5 Å². The minimum absolute atomic E-state index is 0.398. The van der Waals surface area contributed by atoms with Gasteiger partial charge in [-0.1, -0.05) is 35.6 Å². The summed E-state index contributed by atoms with van der Waals surface area (Å²) in [5.74, 6) is 2.29. The monoisotopic (exact) mass is 352 g/mol. The maximum absolute atomic E-state index is 5.82. The maximum atomic E-state index is 5.82. The maximum Gasteiger partial charge on any atom is 0.235 e. The van der Waals surface area contributed by atoms with Crippen molar-refractivity contribution in [3.63, 3.8) is 0 Å². The summed E-state index contributed by atoms with van der Waals surface area (Å²) < 4.78 is 12.8. The van der Waals surface area contributed by atoms with Gasteiger partial charge in [0.1, 0.15) is 18.1 Å². The van der Waals surface area contributed by atoms with E-state index in [2.05, 4.69) is 15.3 Å². The fourth-order valence-electron chi connectivity index (χ4n) is 2.51. The third-order valence-electron chi connectivity index (χ3n) is 3.71. The highest BCUT2D eigenvalue weighted by Crippen LogP contribution is 2.25. The summed E-state index contributed by atoms with van der Waals surface area (Å²) in [7, 11) is 1.64. The zero-order chi connectivity index (χ0) is 17.2. The molecule has 2 heterocycles. The van der Waals surface area contributed by atoms with E-state index >= 15 is 0 Å². The third kappa shape index (κ3) is 3.18. The van der Waals surface area contributed by atoms with Crippen LogP contribution in [0.1, 0.15) is 10.6 Å². The van der Waals surface area contributed by atoms with Gasteiger partial charge in [0.25, 0.3) is 0 Å². The summed E-state index contributed by atoms with van der Waals surface area (Å²) in [6, 6.07) is 15.6. The van der Waals surface area contributed by atoms with E-state index in [1.807, 2.05) is 55.5 Å². The second-order valence-corrected chi connectivity index (χ2v) is 6.59. The molecule has 2 aromatic carbocycles. The van der Waals surface area contributed by atoms with Crippen LogP contribution in [-0.4, -0.2) is 26.9 Å². The third-order valence-corrected chi connectivity index (χ3v) is 4.58. The molecule has 4 rings (SSSR count). The summed E-state index contributed by atoms with van der Waals surface area (Å²) in [5, 5.41) is 13.9. The predicted octanol–water partition coefficient (Wildman–Crippen LogP) is 3.75. The normalized spacial score (nSPS) is 11.0. The van der Waals surface area contributed by atoms with Crippen molar-refractivity contribution in [3.05, 3.63) is 59.1 Å². The van der Waals surface area contributed by atoms with Gasteiger partial charge in [0.15, 0.2) is 10.8 Å². The van der Waals surface area contributed by atoms with E-state index in [0.717, 1.165) is 32.6 Å².